The molecule has 144 valence electrons. The molecule has 0 aliphatic rings. The van der Waals surface area contributed by atoms with Crippen molar-refractivity contribution in [1.29, 1.82) is 0 Å². The van der Waals surface area contributed by atoms with Crippen LogP contribution in [0.4, 0.5) is 0 Å². The number of para-hydroxylation sites is 1. The van der Waals surface area contributed by atoms with Gasteiger partial charge < -0.3 is 4.57 Å². The number of benzene rings is 2. The maximum absolute atomic E-state index is 13.4. The van der Waals surface area contributed by atoms with Crippen molar-refractivity contribution in [3.63, 3.8) is 0 Å². The van der Waals surface area contributed by atoms with E-state index in [1.165, 1.54) is 0 Å². The average Bonchev–Trinajstić information content (AvgIpc) is 3.41. The Morgan fingerprint density at radius 2 is 1.72 bits per heavy atom. The Kier molecular flexibility index (Phi) is 3.77. The molecule has 0 aliphatic heterocycles. The smallest absolute Gasteiger partial charge is 0.282 e. The Hall–Kier alpha value is -3.87. The van der Waals surface area contributed by atoms with Crippen molar-refractivity contribution in [3.05, 3.63) is 83.3 Å². The highest BCUT2D eigenvalue weighted by Gasteiger charge is 2.22. The third-order valence-electron chi connectivity index (χ3n) is 5.41. The summed E-state index contributed by atoms with van der Waals surface area (Å²) in [4.78, 5) is 22.3. The predicted octanol–water partition coefficient (Wildman–Crippen LogP) is 3.22. The van der Waals surface area contributed by atoms with Crippen molar-refractivity contribution in [3.8, 4) is 22.8 Å². The predicted molar refractivity (Wildman–Crippen MR) is 113 cm³/mol. The van der Waals surface area contributed by atoms with Crippen LogP contribution in [0.3, 0.4) is 0 Å². The van der Waals surface area contributed by atoms with Gasteiger partial charge >= 0.3 is 0 Å². The fourth-order valence-corrected chi connectivity index (χ4v) is 3.79. The molecule has 0 radical (unpaired) electrons. The zero-order chi connectivity index (χ0) is 20.1. The van der Waals surface area contributed by atoms with Crippen molar-refractivity contribution in [2.45, 2.75) is 6.92 Å². The minimum Gasteiger partial charge on any atom is -0.334 e. The molecule has 5 aromatic rings. The summed E-state index contributed by atoms with van der Waals surface area (Å²) >= 11 is 0. The van der Waals surface area contributed by atoms with Gasteiger partial charge in [-0.1, -0.05) is 18.2 Å². The molecule has 3 heterocycles. The molecule has 0 atom stereocenters. The third kappa shape index (κ3) is 2.55. The van der Waals surface area contributed by atoms with Gasteiger partial charge in [0.25, 0.3) is 5.56 Å². The van der Waals surface area contributed by atoms with Crippen LogP contribution in [0.25, 0.3) is 33.8 Å². The largest absolute Gasteiger partial charge is 0.334 e. The molecule has 0 amide bonds. The van der Waals surface area contributed by atoms with E-state index in [4.69, 9.17) is 0 Å². The van der Waals surface area contributed by atoms with Gasteiger partial charge in [-0.2, -0.15) is 0 Å². The first-order chi connectivity index (χ1) is 14.1. The van der Waals surface area contributed by atoms with Crippen LogP contribution in [0.2, 0.25) is 0 Å². The van der Waals surface area contributed by atoms with Gasteiger partial charge in [-0.15, -0.1) is 0 Å². The van der Waals surface area contributed by atoms with Crippen molar-refractivity contribution < 1.29 is 0 Å². The summed E-state index contributed by atoms with van der Waals surface area (Å²) in [7, 11) is 3.86. The van der Waals surface area contributed by atoms with E-state index < -0.39 is 0 Å². The quantitative estimate of drug-likeness (QED) is 0.480. The second kappa shape index (κ2) is 6.34. The number of rotatable bonds is 3. The summed E-state index contributed by atoms with van der Waals surface area (Å²) in [6.45, 7) is 1.94. The molecule has 0 spiro atoms. The lowest BCUT2D eigenvalue weighted by molar-refractivity contribution is 0.630. The monoisotopic (exact) mass is 384 g/mol. The van der Waals surface area contributed by atoms with Crippen molar-refractivity contribution in [2.24, 2.45) is 14.1 Å². The molecular formula is C22H20N6O. The summed E-state index contributed by atoms with van der Waals surface area (Å²) in [6.07, 6.45) is 5.40. The Labute approximate surface area is 167 Å². The van der Waals surface area contributed by atoms with E-state index in [1.807, 2.05) is 83.5 Å². The van der Waals surface area contributed by atoms with Crippen LogP contribution < -0.4 is 5.56 Å². The molecule has 0 saturated heterocycles. The van der Waals surface area contributed by atoms with Gasteiger partial charge in [0.05, 0.1) is 23.0 Å². The van der Waals surface area contributed by atoms with Gasteiger partial charge in [0, 0.05) is 37.9 Å². The van der Waals surface area contributed by atoms with E-state index in [0.29, 0.717) is 11.4 Å². The lowest BCUT2D eigenvalue weighted by Gasteiger charge is -2.08. The number of fused-ring (bicyclic) bond motifs is 1. The van der Waals surface area contributed by atoms with Gasteiger partial charge in [0.1, 0.15) is 5.56 Å². The molecule has 0 bridgehead atoms. The average molecular weight is 384 g/mol. The topological polar surface area (TPSA) is 62.6 Å². The molecule has 0 fully saturated rings. The molecule has 7 nitrogen and oxygen atoms in total. The first-order valence-electron chi connectivity index (χ1n) is 9.35. The fraction of sp³-hybridized carbons (Fsp3) is 0.136. The fourth-order valence-electron chi connectivity index (χ4n) is 3.79. The van der Waals surface area contributed by atoms with Crippen molar-refractivity contribution in [1.82, 2.24) is 28.5 Å². The SMILES string of the molecule is Cc1c(-c2nccn2-c2ccc3ncn(C)c3c2)c(=O)n(-c2ccccc2)n1C. The summed E-state index contributed by atoms with van der Waals surface area (Å²) in [6, 6.07) is 15.7. The van der Waals surface area contributed by atoms with E-state index in [1.54, 1.807) is 17.2 Å². The summed E-state index contributed by atoms with van der Waals surface area (Å²) in [5.41, 5.74) is 5.06. The minimum absolute atomic E-state index is 0.0924. The van der Waals surface area contributed by atoms with Crippen LogP contribution in [0.15, 0.2) is 72.0 Å². The van der Waals surface area contributed by atoms with E-state index in [-0.39, 0.29) is 5.56 Å². The Morgan fingerprint density at radius 1 is 0.931 bits per heavy atom. The summed E-state index contributed by atoms with van der Waals surface area (Å²) in [5, 5.41) is 0. The van der Waals surface area contributed by atoms with E-state index in [9.17, 15) is 4.79 Å². The van der Waals surface area contributed by atoms with Gasteiger partial charge in [-0.25, -0.2) is 14.6 Å². The Bertz CT molecular complexity index is 1400. The van der Waals surface area contributed by atoms with Crippen LogP contribution >= 0.6 is 0 Å². The second-order valence-electron chi connectivity index (χ2n) is 7.09. The minimum atomic E-state index is -0.0924. The maximum atomic E-state index is 13.4. The number of imidazole rings is 2. The van der Waals surface area contributed by atoms with E-state index >= 15 is 0 Å². The highest BCUT2D eigenvalue weighted by atomic mass is 16.1. The molecule has 7 heteroatoms. The molecule has 0 unspecified atom stereocenters. The van der Waals surface area contributed by atoms with E-state index in [0.717, 1.165) is 28.1 Å². The zero-order valence-electron chi connectivity index (χ0n) is 16.4. The van der Waals surface area contributed by atoms with E-state index in [2.05, 4.69) is 16.0 Å². The molecule has 2 aromatic carbocycles. The first-order valence-corrected chi connectivity index (χ1v) is 9.35. The molecule has 0 aliphatic carbocycles. The molecular weight excluding hydrogens is 364 g/mol. The number of aromatic nitrogens is 6. The van der Waals surface area contributed by atoms with Crippen LogP contribution in [-0.4, -0.2) is 28.5 Å². The number of hydrogen-bond acceptors (Lipinski definition) is 3. The van der Waals surface area contributed by atoms with Crippen LogP contribution in [0.1, 0.15) is 5.69 Å². The zero-order valence-corrected chi connectivity index (χ0v) is 16.4. The number of nitrogens with zero attached hydrogens (tertiary/aromatic N) is 6. The summed E-state index contributed by atoms with van der Waals surface area (Å²) in [5.74, 6) is 0.624. The molecule has 29 heavy (non-hydrogen) atoms. The number of aryl methyl sites for hydroxylation is 1. The van der Waals surface area contributed by atoms with Crippen LogP contribution in [-0.2, 0) is 14.1 Å². The first kappa shape index (κ1) is 17.2. The molecule has 0 N–H and O–H groups in total. The normalized spacial score (nSPS) is 11.4. The van der Waals surface area contributed by atoms with Gasteiger partial charge in [0.2, 0.25) is 0 Å². The molecule has 3 aromatic heterocycles. The highest BCUT2D eigenvalue weighted by Crippen LogP contribution is 2.25. The van der Waals surface area contributed by atoms with Crippen LogP contribution in [0.5, 0.6) is 0 Å². The van der Waals surface area contributed by atoms with Crippen LogP contribution in [0, 0.1) is 6.92 Å². The Balaban J connectivity index is 1.72. The van der Waals surface area contributed by atoms with Crippen molar-refractivity contribution >= 4 is 11.0 Å². The van der Waals surface area contributed by atoms with Gasteiger partial charge in [-0.3, -0.25) is 14.0 Å². The lowest BCUT2D eigenvalue weighted by atomic mass is 10.2. The molecule has 5 rings (SSSR count). The number of hydrogen-bond donors (Lipinski definition) is 0. The highest BCUT2D eigenvalue weighted by molar-refractivity contribution is 5.78. The Morgan fingerprint density at radius 3 is 2.52 bits per heavy atom. The maximum Gasteiger partial charge on any atom is 0.282 e. The van der Waals surface area contributed by atoms with Gasteiger partial charge in [-0.05, 0) is 37.3 Å². The summed E-state index contributed by atoms with van der Waals surface area (Å²) < 4.78 is 7.47. The molecule has 0 saturated carbocycles. The van der Waals surface area contributed by atoms with Crippen molar-refractivity contribution in [2.75, 3.05) is 0 Å². The standard InChI is InChI=1S/C22H20N6O/c1-15-20(22(29)28(26(15)3)16-7-5-4-6-8-16)21-23-11-12-27(21)17-9-10-18-19(13-17)25(2)14-24-18/h4-14H,1-3H3. The lowest BCUT2D eigenvalue weighted by Crippen LogP contribution is -2.20. The third-order valence-corrected chi connectivity index (χ3v) is 5.41. The second-order valence-corrected chi connectivity index (χ2v) is 7.09. The van der Waals surface area contributed by atoms with Gasteiger partial charge in [0.15, 0.2) is 5.82 Å².